The van der Waals surface area contributed by atoms with Crippen LogP contribution in [0.1, 0.15) is 34.6 Å². The second-order valence-electron chi connectivity index (χ2n) is 16.9. The van der Waals surface area contributed by atoms with Gasteiger partial charge in [0.25, 0.3) is 11.1 Å². The molecule has 2 aliphatic heterocycles. The molecule has 2 aromatic carbocycles. The van der Waals surface area contributed by atoms with Crippen LogP contribution in [0.25, 0.3) is 42.4 Å². The van der Waals surface area contributed by atoms with Crippen molar-refractivity contribution in [2.75, 3.05) is 26.2 Å². The van der Waals surface area contributed by atoms with E-state index in [4.69, 9.17) is 56.9 Å². The van der Waals surface area contributed by atoms with Crippen molar-refractivity contribution in [1.29, 1.82) is 0 Å². The fourth-order valence-corrected chi connectivity index (χ4v) is 9.77. The summed E-state index contributed by atoms with van der Waals surface area (Å²) in [6.07, 6.45) is 2.78. The summed E-state index contributed by atoms with van der Waals surface area (Å²) in [6.45, 7) is 10.8. The van der Waals surface area contributed by atoms with Gasteiger partial charge in [-0.2, -0.15) is 0 Å². The molecule has 0 saturated carbocycles. The first-order chi connectivity index (χ1) is 28.6. The number of benzene rings is 2. The van der Waals surface area contributed by atoms with E-state index in [1.807, 2.05) is 48.9 Å². The summed E-state index contributed by atoms with van der Waals surface area (Å²) in [5.41, 5.74) is 7.16. The quantitative estimate of drug-likeness (QED) is 0.163. The Morgan fingerprint density at radius 1 is 0.705 bits per heavy atom. The molecule has 0 atom stereocenters. The lowest BCUT2D eigenvalue weighted by Crippen LogP contribution is -2.70. The van der Waals surface area contributed by atoms with Crippen molar-refractivity contribution in [3.63, 3.8) is 0 Å². The molecule has 3 amide bonds. The lowest BCUT2D eigenvalue weighted by Gasteiger charge is -2.48. The fraction of sp³-hybridized carbons (Fsp3) is 0.326. The van der Waals surface area contributed by atoms with E-state index < -0.39 is 17.2 Å². The van der Waals surface area contributed by atoms with Crippen LogP contribution in [0.4, 0.5) is 4.79 Å². The maximum Gasteiger partial charge on any atom is 0.408 e. The van der Waals surface area contributed by atoms with Crippen molar-refractivity contribution in [2.24, 2.45) is 5.73 Å². The van der Waals surface area contributed by atoms with Crippen molar-refractivity contribution in [3.05, 3.63) is 112 Å². The average molecular weight is 945 g/mol. The molecule has 6 aromatic rings. The van der Waals surface area contributed by atoms with Gasteiger partial charge in [-0.1, -0.05) is 58.5 Å². The zero-order chi connectivity index (χ0) is 44.2. The number of alkyl carbamates (subject to hydrolysis) is 1. The Morgan fingerprint density at radius 2 is 1.13 bits per heavy atom. The van der Waals surface area contributed by atoms with Crippen molar-refractivity contribution in [3.8, 4) is 22.3 Å². The Labute approximate surface area is 379 Å². The minimum Gasteiger partial charge on any atom is -0.444 e. The number of carbonyl (C=O) groups is 3. The summed E-state index contributed by atoms with van der Waals surface area (Å²) in [5.74, 6) is -0.304. The van der Waals surface area contributed by atoms with E-state index in [2.05, 4.69) is 5.32 Å². The summed E-state index contributed by atoms with van der Waals surface area (Å²) in [5, 5.41) is 9.52. The van der Waals surface area contributed by atoms with Gasteiger partial charge in [0.2, 0.25) is 11.8 Å². The van der Waals surface area contributed by atoms with Crippen molar-refractivity contribution in [1.82, 2.24) is 24.3 Å². The number of rotatable bonds is 7. The average Bonchev–Trinajstić information content (AvgIpc) is 3.79. The van der Waals surface area contributed by atoms with E-state index in [0.29, 0.717) is 57.0 Å². The number of nitrogens with two attached hydrogens (primary N) is 1. The van der Waals surface area contributed by atoms with Gasteiger partial charge >= 0.3 is 6.09 Å². The van der Waals surface area contributed by atoms with Crippen LogP contribution in [0.2, 0.25) is 20.1 Å². The number of thiophene rings is 2. The third-order valence-electron chi connectivity index (χ3n) is 10.2. The van der Waals surface area contributed by atoms with Gasteiger partial charge < -0.3 is 34.7 Å². The minimum absolute atomic E-state index is 0.00150. The van der Waals surface area contributed by atoms with Crippen LogP contribution in [0.15, 0.2) is 81.3 Å². The van der Waals surface area contributed by atoms with Gasteiger partial charge in [0.05, 0.1) is 36.4 Å². The lowest BCUT2D eigenvalue weighted by molar-refractivity contribution is -0.140. The number of hydrogen-bond donors (Lipinski definition) is 2. The van der Waals surface area contributed by atoms with Crippen molar-refractivity contribution >= 4 is 107 Å². The molecule has 12 nitrogen and oxygen atoms in total. The molecule has 18 heteroatoms. The van der Waals surface area contributed by atoms with Crippen LogP contribution in [-0.2, 0) is 27.4 Å². The Kier molecular flexibility index (Phi) is 12.5. The van der Waals surface area contributed by atoms with Gasteiger partial charge in [0.1, 0.15) is 18.7 Å². The van der Waals surface area contributed by atoms with E-state index in [0.717, 1.165) is 31.7 Å². The number of nitrogens with one attached hydrogen (secondary N) is 1. The third-order valence-corrected chi connectivity index (χ3v) is 13.5. The number of ether oxygens (including phenoxy) is 1. The number of fused-ring (bicyclic) bond motifs is 2. The molecule has 0 spiro atoms. The molecule has 2 saturated heterocycles. The Morgan fingerprint density at radius 3 is 1.52 bits per heavy atom. The number of amides is 3. The van der Waals surface area contributed by atoms with Gasteiger partial charge in [-0.3, -0.25) is 19.2 Å². The van der Waals surface area contributed by atoms with Crippen LogP contribution < -0.4 is 22.2 Å². The minimum atomic E-state index is -0.600. The molecular weight excluding hydrogens is 902 g/mol. The zero-order valence-corrected chi connectivity index (χ0v) is 38.5. The number of likely N-dealkylation sites (tertiary alicyclic amines) is 2. The van der Waals surface area contributed by atoms with Crippen LogP contribution in [-0.4, -0.2) is 79.7 Å². The zero-order valence-electron chi connectivity index (χ0n) is 33.8. The molecule has 3 N–H and O–H groups in total. The van der Waals surface area contributed by atoms with Gasteiger partial charge in [-0.05, 0) is 82.1 Å². The molecule has 0 bridgehead atoms. The van der Waals surface area contributed by atoms with Crippen LogP contribution in [0.5, 0.6) is 0 Å². The Bertz CT molecular complexity index is 2830. The number of carbonyl (C=O) groups excluding carboxylic acids is 3. The maximum atomic E-state index is 13.3. The first-order valence-corrected chi connectivity index (χ1v) is 22.4. The standard InChI is InChI=1S/C24H25Cl2N3O4S.C19H17Cl2N3O2S/c1-23(2,3)33-22(32)27-24(4)12-29(13-24)19(30)10-28-8-7-18-20(21(28)31)15(11-34-18)14-5-6-16(25)17(26)9-14;1-19(22)9-24(10-19)16(25)7-23-5-4-15-17(18(23)26)12(8-27-15)11-2-3-13(20)14(21)6-11/h5-9,11H,10,12-13H2,1-4H3,(H,27,32);2-6,8H,7,9-10,22H2,1H3. The normalized spacial score (nSPS) is 15.4. The summed E-state index contributed by atoms with van der Waals surface area (Å²) >= 11 is 27.3. The predicted octanol–water partition coefficient (Wildman–Crippen LogP) is 8.76. The predicted molar refractivity (Wildman–Crippen MR) is 247 cm³/mol. The number of halogens is 4. The summed E-state index contributed by atoms with van der Waals surface area (Å²) in [6, 6.07) is 14.2. The molecule has 4 aromatic heterocycles. The van der Waals surface area contributed by atoms with Crippen molar-refractivity contribution in [2.45, 2.75) is 64.4 Å². The number of nitrogens with zero attached hydrogens (tertiary/aromatic N) is 4. The van der Waals surface area contributed by atoms with Crippen LogP contribution in [0, 0.1) is 0 Å². The summed E-state index contributed by atoms with van der Waals surface area (Å²) in [4.78, 5) is 66.9. The molecular formula is C43H42Cl4N6O6S2. The topological polar surface area (TPSA) is 149 Å². The van der Waals surface area contributed by atoms with E-state index in [1.54, 1.807) is 67.2 Å². The Balaban J connectivity index is 0.000000189. The first kappa shape index (κ1) is 44.6. The van der Waals surface area contributed by atoms with E-state index in [9.17, 15) is 24.0 Å². The van der Waals surface area contributed by atoms with Crippen LogP contribution >= 0.6 is 69.1 Å². The second kappa shape index (κ2) is 17.0. The summed E-state index contributed by atoms with van der Waals surface area (Å²) < 4.78 is 9.85. The van der Waals surface area contributed by atoms with Crippen molar-refractivity contribution < 1.29 is 19.1 Å². The molecule has 6 heterocycles. The van der Waals surface area contributed by atoms with E-state index in [1.165, 1.54) is 31.8 Å². The Hall–Kier alpha value is -4.41. The molecule has 61 heavy (non-hydrogen) atoms. The highest BCUT2D eigenvalue weighted by atomic mass is 35.5. The van der Waals surface area contributed by atoms with Gasteiger partial charge in [-0.15, -0.1) is 22.7 Å². The second-order valence-corrected chi connectivity index (χ2v) is 20.3. The molecule has 2 aliphatic rings. The largest absolute Gasteiger partial charge is 0.444 e. The highest BCUT2D eigenvalue weighted by molar-refractivity contribution is 7.18. The SMILES string of the molecule is CC1(N)CN(C(=O)Cn2ccc3scc(-c4ccc(Cl)c(Cl)c4)c3c2=O)C1.CC1(NC(=O)OC(C)(C)C)CN(C(=O)Cn2ccc3scc(-c4ccc(Cl)c(Cl)c4)c3c2=O)C1. The van der Waals surface area contributed by atoms with Gasteiger partial charge in [-0.25, -0.2) is 4.79 Å². The maximum absolute atomic E-state index is 13.3. The molecule has 0 aliphatic carbocycles. The number of pyridine rings is 2. The molecule has 2 fully saturated rings. The first-order valence-electron chi connectivity index (χ1n) is 19.1. The number of aromatic nitrogens is 2. The summed E-state index contributed by atoms with van der Waals surface area (Å²) in [7, 11) is 0. The third kappa shape index (κ3) is 9.81. The monoisotopic (exact) mass is 942 g/mol. The molecule has 8 rings (SSSR count). The molecule has 320 valence electrons. The van der Waals surface area contributed by atoms with E-state index in [-0.39, 0.29) is 41.6 Å². The molecule has 0 unspecified atom stereocenters. The highest BCUT2D eigenvalue weighted by Crippen LogP contribution is 2.36. The van der Waals surface area contributed by atoms with Gasteiger partial charge in [0.15, 0.2) is 0 Å². The van der Waals surface area contributed by atoms with Crippen LogP contribution in [0.3, 0.4) is 0 Å². The fourth-order valence-electron chi connectivity index (χ4n) is 7.27. The molecule has 0 radical (unpaired) electrons. The highest BCUT2D eigenvalue weighted by Gasteiger charge is 2.43. The van der Waals surface area contributed by atoms with Gasteiger partial charge in [0, 0.05) is 75.4 Å². The smallest absolute Gasteiger partial charge is 0.408 e. The lowest BCUT2D eigenvalue weighted by atomic mass is 9.92. The number of hydrogen-bond acceptors (Lipinski definition) is 9. The van der Waals surface area contributed by atoms with E-state index >= 15 is 0 Å².